The van der Waals surface area contributed by atoms with Crippen LogP contribution >= 0.6 is 24.8 Å². The van der Waals surface area contributed by atoms with E-state index in [1.807, 2.05) is 12.4 Å². The summed E-state index contributed by atoms with van der Waals surface area (Å²) in [5.74, 6) is 0. The molecule has 4 nitrogen and oxygen atoms in total. The zero-order valence-corrected chi connectivity index (χ0v) is 14.6. The fourth-order valence-electron chi connectivity index (χ4n) is 3.38. The van der Waals surface area contributed by atoms with Crippen LogP contribution in [0.1, 0.15) is 31.2 Å². The summed E-state index contributed by atoms with van der Waals surface area (Å²) in [5, 5.41) is 3.43. The highest BCUT2D eigenvalue weighted by molar-refractivity contribution is 5.85. The molecule has 126 valence electrons. The molecule has 6 heteroatoms. The third-order valence-corrected chi connectivity index (χ3v) is 4.60. The smallest absolute Gasteiger partial charge is 0.0957 e. The SMILES string of the molecule is Cl.Cl.c1cc(C2(OCCN3CCCC3)CCNCC2)ccn1. The Kier molecular flexibility index (Phi) is 8.65. The molecule has 0 unspecified atom stereocenters. The van der Waals surface area contributed by atoms with Crippen molar-refractivity contribution >= 4 is 24.8 Å². The fraction of sp³-hybridized carbons (Fsp3) is 0.688. The number of nitrogens with one attached hydrogen (secondary N) is 1. The Labute approximate surface area is 145 Å². The highest BCUT2D eigenvalue weighted by Crippen LogP contribution is 2.34. The lowest BCUT2D eigenvalue weighted by Crippen LogP contribution is -2.43. The van der Waals surface area contributed by atoms with Crippen molar-refractivity contribution in [3.63, 3.8) is 0 Å². The summed E-state index contributed by atoms with van der Waals surface area (Å²) in [6.45, 7) is 6.46. The zero-order valence-electron chi connectivity index (χ0n) is 13.0. The molecule has 0 spiro atoms. The molecule has 2 aliphatic rings. The van der Waals surface area contributed by atoms with Crippen LogP contribution in [0.5, 0.6) is 0 Å². The van der Waals surface area contributed by atoms with Crippen molar-refractivity contribution in [1.29, 1.82) is 0 Å². The van der Waals surface area contributed by atoms with Gasteiger partial charge in [0.25, 0.3) is 0 Å². The fourth-order valence-corrected chi connectivity index (χ4v) is 3.38. The first-order valence-electron chi connectivity index (χ1n) is 7.87. The van der Waals surface area contributed by atoms with Crippen molar-refractivity contribution in [1.82, 2.24) is 15.2 Å². The van der Waals surface area contributed by atoms with Gasteiger partial charge in [-0.25, -0.2) is 0 Å². The molecule has 3 rings (SSSR count). The van der Waals surface area contributed by atoms with E-state index in [0.717, 1.165) is 39.1 Å². The molecule has 0 saturated carbocycles. The predicted octanol–water partition coefficient (Wildman–Crippen LogP) is 2.62. The second kappa shape index (κ2) is 9.68. The number of nitrogens with zero attached hydrogens (tertiary/aromatic N) is 2. The number of hydrogen-bond acceptors (Lipinski definition) is 4. The number of aromatic nitrogens is 1. The average Bonchev–Trinajstić information content (AvgIpc) is 3.02. The standard InChI is InChI=1S/C16H25N3O.2ClH/c1-2-12-19(11-1)13-14-20-16(5-9-18-10-6-16)15-3-7-17-8-4-15;;/h3-4,7-8,18H,1-2,5-6,9-14H2;2*1H. The molecule has 0 bridgehead atoms. The molecule has 1 aromatic rings. The van der Waals surface area contributed by atoms with E-state index in [0.29, 0.717) is 0 Å². The monoisotopic (exact) mass is 347 g/mol. The predicted molar refractivity (Wildman–Crippen MR) is 94.1 cm³/mol. The molecule has 1 N–H and O–H groups in total. The number of ether oxygens (including phenoxy) is 1. The van der Waals surface area contributed by atoms with Crippen molar-refractivity contribution in [2.45, 2.75) is 31.3 Å². The lowest BCUT2D eigenvalue weighted by Gasteiger charge is -2.38. The van der Waals surface area contributed by atoms with E-state index >= 15 is 0 Å². The highest BCUT2D eigenvalue weighted by atomic mass is 35.5. The number of halogens is 2. The lowest BCUT2D eigenvalue weighted by atomic mass is 9.85. The number of pyridine rings is 1. The molecular weight excluding hydrogens is 321 g/mol. The second-order valence-electron chi connectivity index (χ2n) is 5.88. The lowest BCUT2D eigenvalue weighted by molar-refractivity contribution is -0.0760. The van der Waals surface area contributed by atoms with E-state index in [1.165, 1.54) is 31.5 Å². The highest BCUT2D eigenvalue weighted by Gasteiger charge is 2.34. The van der Waals surface area contributed by atoms with Gasteiger partial charge >= 0.3 is 0 Å². The Morgan fingerprint density at radius 3 is 2.36 bits per heavy atom. The van der Waals surface area contributed by atoms with Crippen LogP contribution in [0.4, 0.5) is 0 Å². The topological polar surface area (TPSA) is 37.4 Å². The Morgan fingerprint density at radius 1 is 1.09 bits per heavy atom. The van der Waals surface area contributed by atoms with Crippen molar-refractivity contribution in [3.8, 4) is 0 Å². The van der Waals surface area contributed by atoms with E-state index in [4.69, 9.17) is 4.74 Å². The van der Waals surface area contributed by atoms with Crippen LogP contribution in [0.3, 0.4) is 0 Å². The summed E-state index contributed by atoms with van der Waals surface area (Å²) in [6.07, 6.45) is 8.55. The van der Waals surface area contributed by atoms with Gasteiger partial charge in [-0.15, -0.1) is 24.8 Å². The summed E-state index contributed by atoms with van der Waals surface area (Å²) in [6, 6.07) is 4.22. The van der Waals surface area contributed by atoms with E-state index in [-0.39, 0.29) is 30.4 Å². The van der Waals surface area contributed by atoms with Crippen LogP contribution in [-0.4, -0.2) is 49.2 Å². The molecule has 2 aliphatic heterocycles. The quantitative estimate of drug-likeness (QED) is 0.888. The van der Waals surface area contributed by atoms with E-state index < -0.39 is 0 Å². The summed E-state index contributed by atoms with van der Waals surface area (Å²) >= 11 is 0. The van der Waals surface area contributed by atoms with Crippen LogP contribution in [0, 0.1) is 0 Å². The minimum absolute atomic E-state index is 0. The number of likely N-dealkylation sites (tertiary alicyclic amines) is 1. The molecular formula is C16H27Cl2N3O. The molecule has 2 fully saturated rings. The van der Waals surface area contributed by atoms with Gasteiger partial charge in [-0.05, 0) is 69.6 Å². The van der Waals surface area contributed by atoms with Crippen LogP contribution < -0.4 is 5.32 Å². The third kappa shape index (κ3) is 4.80. The maximum absolute atomic E-state index is 6.41. The van der Waals surface area contributed by atoms with E-state index in [1.54, 1.807) is 0 Å². The number of rotatable bonds is 5. The van der Waals surface area contributed by atoms with Gasteiger partial charge in [0.2, 0.25) is 0 Å². The number of hydrogen-bond donors (Lipinski definition) is 1. The molecule has 3 heterocycles. The van der Waals surface area contributed by atoms with Crippen LogP contribution in [0.15, 0.2) is 24.5 Å². The summed E-state index contributed by atoms with van der Waals surface area (Å²) in [7, 11) is 0. The van der Waals surface area contributed by atoms with Crippen LogP contribution in [0.25, 0.3) is 0 Å². The summed E-state index contributed by atoms with van der Waals surface area (Å²) < 4.78 is 6.41. The van der Waals surface area contributed by atoms with Crippen LogP contribution in [0.2, 0.25) is 0 Å². The Hall–Kier alpha value is -0.390. The first kappa shape index (κ1) is 19.7. The van der Waals surface area contributed by atoms with Gasteiger partial charge in [0.15, 0.2) is 0 Å². The normalized spacial score (nSPS) is 20.9. The largest absolute Gasteiger partial charge is 0.369 e. The minimum atomic E-state index is -0.103. The van der Waals surface area contributed by atoms with Crippen molar-refractivity contribution in [2.75, 3.05) is 39.3 Å². The van der Waals surface area contributed by atoms with Gasteiger partial charge in [0.05, 0.1) is 12.2 Å². The van der Waals surface area contributed by atoms with E-state index in [2.05, 4.69) is 27.3 Å². The molecule has 0 aromatic carbocycles. The van der Waals surface area contributed by atoms with Gasteiger partial charge in [-0.2, -0.15) is 0 Å². The Balaban J connectivity index is 0.00000121. The first-order chi connectivity index (χ1) is 9.89. The third-order valence-electron chi connectivity index (χ3n) is 4.60. The van der Waals surface area contributed by atoms with Gasteiger partial charge in [-0.3, -0.25) is 4.98 Å². The van der Waals surface area contributed by atoms with Gasteiger partial charge in [0, 0.05) is 18.9 Å². The van der Waals surface area contributed by atoms with E-state index in [9.17, 15) is 0 Å². The van der Waals surface area contributed by atoms with Gasteiger partial charge in [0.1, 0.15) is 0 Å². The van der Waals surface area contributed by atoms with Crippen molar-refractivity contribution < 1.29 is 4.74 Å². The van der Waals surface area contributed by atoms with Crippen LogP contribution in [-0.2, 0) is 10.3 Å². The minimum Gasteiger partial charge on any atom is -0.369 e. The molecule has 1 aromatic heterocycles. The maximum Gasteiger partial charge on any atom is 0.0957 e. The molecule has 0 amide bonds. The van der Waals surface area contributed by atoms with Gasteiger partial charge < -0.3 is 15.0 Å². The zero-order chi connectivity index (χ0) is 13.7. The number of piperidine rings is 1. The second-order valence-corrected chi connectivity index (χ2v) is 5.88. The van der Waals surface area contributed by atoms with Crippen molar-refractivity contribution in [3.05, 3.63) is 30.1 Å². The first-order valence-corrected chi connectivity index (χ1v) is 7.87. The Bertz CT molecular complexity index is 407. The average molecular weight is 348 g/mol. The molecule has 0 radical (unpaired) electrons. The Morgan fingerprint density at radius 2 is 1.73 bits per heavy atom. The van der Waals surface area contributed by atoms with Crippen molar-refractivity contribution in [2.24, 2.45) is 0 Å². The summed E-state index contributed by atoms with van der Waals surface area (Å²) in [5.41, 5.74) is 1.18. The molecule has 0 atom stereocenters. The molecule has 0 aliphatic carbocycles. The molecule has 2 saturated heterocycles. The van der Waals surface area contributed by atoms with Gasteiger partial charge in [-0.1, -0.05) is 0 Å². The maximum atomic E-state index is 6.41. The molecule has 22 heavy (non-hydrogen) atoms. The summed E-state index contributed by atoms with van der Waals surface area (Å²) in [4.78, 5) is 6.65.